The third kappa shape index (κ3) is 4.14. The summed E-state index contributed by atoms with van der Waals surface area (Å²) in [6, 6.07) is 49.4. The van der Waals surface area contributed by atoms with Gasteiger partial charge in [0, 0.05) is 27.8 Å². The molecule has 0 fully saturated rings. The molecule has 0 spiro atoms. The maximum atomic E-state index is 11.7. The fraction of sp³-hybridized carbons (Fsp3) is 0. The SMILES string of the molecule is Oc1c(C=Nn2c(-c3ccccc3)ccc2-c2ccccc2)cccc1-c1c2ccccc2cc2ccccc12. The van der Waals surface area contributed by atoms with Gasteiger partial charge in [-0.25, -0.2) is 4.68 Å². The summed E-state index contributed by atoms with van der Waals surface area (Å²) >= 11 is 0. The van der Waals surface area contributed by atoms with Crippen molar-refractivity contribution < 1.29 is 5.11 Å². The maximum absolute atomic E-state index is 11.7. The van der Waals surface area contributed by atoms with E-state index in [1.807, 2.05) is 71.4 Å². The second-order valence-electron chi connectivity index (χ2n) is 9.83. The van der Waals surface area contributed by atoms with Gasteiger partial charge in [-0.2, -0.15) is 5.10 Å². The fourth-order valence-corrected chi connectivity index (χ4v) is 5.50. The Morgan fingerprint density at radius 3 is 1.62 bits per heavy atom. The predicted molar refractivity (Wildman–Crippen MR) is 167 cm³/mol. The Kier molecular flexibility index (Phi) is 5.95. The lowest BCUT2D eigenvalue weighted by atomic mass is 9.91. The summed E-state index contributed by atoms with van der Waals surface area (Å²) < 4.78 is 1.95. The molecule has 0 amide bonds. The number of nitrogens with zero attached hydrogens (tertiary/aromatic N) is 2. The Morgan fingerprint density at radius 1 is 0.525 bits per heavy atom. The Morgan fingerprint density at radius 2 is 1.05 bits per heavy atom. The largest absolute Gasteiger partial charge is 0.507 e. The lowest BCUT2D eigenvalue weighted by Gasteiger charge is -2.14. The van der Waals surface area contributed by atoms with Crippen LogP contribution in [-0.2, 0) is 0 Å². The molecule has 1 heterocycles. The van der Waals surface area contributed by atoms with Gasteiger partial charge in [0.1, 0.15) is 5.75 Å². The van der Waals surface area contributed by atoms with Gasteiger partial charge in [0.2, 0.25) is 0 Å². The molecule has 6 aromatic carbocycles. The van der Waals surface area contributed by atoms with E-state index in [1.54, 1.807) is 6.21 Å². The number of aromatic nitrogens is 1. The van der Waals surface area contributed by atoms with Crippen LogP contribution < -0.4 is 0 Å². The van der Waals surface area contributed by atoms with E-state index in [9.17, 15) is 5.11 Å². The van der Waals surface area contributed by atoms with Gasteiger partial charge in [0.25, 0.3) is 0 Å². The van der Waals surface area contributed by atoms with Crippen LogP contribution in [-0.4, -0.2) is 16.0 Å². The molecule has 0 unspecified atom stereocenters. The molecule has 3 nitrogen and oxygen atoms in total. The number of hydrogen-bond acceptors (Lipinski definition) is 2. The highest BCUT2D eigenvalue weighted by molar-refractivity contribution is 6.14. The van der Waals surface area contributed by atoms with E-state index in [-0.39, 0.29) is 5.75 Å². The van der Waals surface area contributed by atoms with Gasteiger partial charge in [-0.15, -0.1) is 0 Å². The monoisotopic (exact) mass is 514 g/mol. The zero-order valence-corrected chi connectivity index (χ0v) is 21.8. The first kappa shape index (κ1) is 23.7. The van der Waals surface area contributed by atoms with E-state index < -0.39 is 0 Å². The van der Waals surface area contributed by atoms with E-state index >= 15 is 0 Å². The highest BCUT2D eigenvalue weighted by Crippen LogP contribution is 2.41. The van der Waals surface area contributed by atoms with Crippen LogP contribution in [0.4, 0.5) is 0 Å². The number of fused-ring (bicyclic) bond motifs is 2. The number of para-hydroxylation sites is 1. The molecule has 190 valence electrons. The van der Waals surface area contributed by atoms with Gasteiger partial charge in [-0.05, 0) is 45.8 Å². The van der Waals surface area contributed by atoms with Crippen molar-refractivity contribution in [1.82, 2.24) is 4.68 Å². The molecule has 1 aromatic heterocycles. The summed E-state index contributed by atoms with van der Waals surface area (Å²) in [5, 5.41) is 21.1. The summed E-state index contributed by atoms with van der Waals surface area (Å²) in [5.41, 5.74) is 6.57. The molecule has 0 aliphatic carbocycles. The van der Waals surface area contributed by atoms with Crippen molar-refractivity contribution in [2.45, 2.75) is 0 Å². The van der Waals surface area contributed by atoms with Crippen LogP contribution in [0.25, 0.3) is 55.2 Å². The van der Waals surface area contributed by atoms with Crippen molar-refractivity contribution in [3.05, 3.63) is 151 Å². The Bertz CT molecular complexity index is 1890. The topological polar surface area (TPSA) is 37.5 Å². The van der Waals surface area contributed by atoms with Crippen molar-refractivity contribution in [3.63, 3.8) is 0 Å². The van der Waals surface area contributed by atoms with Crippen LogP contribution >= 0.6 is 0 Å². The molecule has 1 N–H and O–H groups in total. The summed E-state index contributed by atoms with van der Waals surface area (Å²) in [6.45, 7) is 0. The number of phenols is 1. The van der Waals surface area contributed by atoms with E-state index in [0.717, 1.165) is 55.2 Å². The molecular formula is C37H26N2O. The third-order valence-electron chi connectivity index (χ3n) is 7.41. The molecule has 0 aliphatic heterocycles. The van der Waals surface area contributed by atoms with Gasteiger partial charge in [0.05, 0.1) is 17.6 Å². The first-order valence-corrected chi connectivity index (χ1v) is 13.4. The molecule has 7 aromatic rings. The normalized spacial score (nSPS) is 11.5. The van der Waals surface area contributed by atoms with Crippen molar-refractivity contribution in [1.29, 1.82) is 0 Å². The van der Waals surface area contributed by atoms with Crippen LogP contribution in [0.2, 0.25) is 0 Å². The average Bonchev–Trinajstić information content (AvgIpc) is 3.44. The van der Waals surface area contributed by atoms with E-state index in [1.165, 1.54) is 0 Å². The van der Waals surface area contributed by atoms with Gasteiger partial charge in [-0.1, -0.05) is 121 Å². The predicted octanol–water partition coefficient (Wildman–Crippen LogP) is 9.38. The Hall–Kier alpha value is -5.41. The van der Waals surface area contributed by atoms with Gasteiger partial charge >= 0.3 is 0 Å². The summed E-state index contributed by atoms with van der Waals surface area (Å²) in [6.07, 6.45) is 1.75. The Balaban J connectivity index is 1.39. The van der Waals surface area contributed by atoms with Crippen LogP contribution in [0.5, 0.6) is 5.75 Å². The quantitative estimate of drug-likeness (QED) is 0.180. The smallest absolute Gasteiger partial charge is 0.132 e. The fourth-order valence-electron chi connectivity index (χ4n) is 5.50. The molecule has 0 atom stereocenters. The van der Waals surface area contributed by atoms with Crippen LogP contribution in [0, 0.1) is 0 Å². The minimum Gasteiger partial charge on any atom is -0.507 e. The van der Waals surface area contributed by atoms with E-state index in [4.69, 9.17) is 5.10 Å². The molecule has 0 saturated heterocycles. The van der Waals surface area contributed by atoms with Crippen LogP contribution in [0.1, 0.15) is 5.56 Å². The standard InChI is InChI=1S/C37H26N2O/c40-37-30(18-11-21-33(37)36-31-19-9-7-16-28(31)24-29-17-8-10-20-32(29)36)25-38-39-34(26-12-3-1-4-13-26)22-23-35(39)27-14-5-2-6-15-27/h1-25,40H. The second kappa shape index (κ2) is 10.0. The number of rotatable bonds is 5. The molecule has 3 heteroatoms. The van der Waals surface area contributed by atoms with Crippen LogP contribution in [0.15, 0.2) is 151 Å². The number of phenolic OH excluding ortho intramolecular Hbond substituents is 1. The maximum Gasteiger partial charge on any atom is 0.132 e. The Labute approximate surface area is 232 Å². The minimum atomic E-state index is 0.211. The van der Waals surface area contributed by atoms with Gasteiger partial charge in [-0.3, -0.25) is 0 Å². The first-order chi connectivity index (χ1) is 19.8. The average molecular weight is 515 g/mol. The lowest BCUT2D eigenvalue weighted by molar-refractivity contribution is 0.476. The molecule has 7 rings (SSSR count). The zero-order valence-electron chi connectivity index (χ0n) is 21.8. The van der Waals surface area contributed by atoms with E-state index in [0.29, 0.717) is 5.56 Å². The zero-order chi connectivity index (χ0) is 26.9. The minimum absolute atomic E-state index is 0.211. The molecule has 0 saturated carbocycles. The van der Waals surface area contributed by atoms with Crippen molar-refractivity contribution in [2.24, 2.45) is 5.10 Å². The van der Waals surface area contributed by atoms with E-state index in [2.05, 4.69) is 78.9 Å². The van der Waals surface area contributed by atoms with Crippen molar-refractivity contribution >= 4 is 27.8 Å². The number of hydrogen-bond donors (Lipinski definition) is 1. The molecular weight excluding hydrogens is 488 g/mol. The van der Waals surface area contributed by atoms with Crippen molar-refractivity contribution in [3.8, 4) is 39.4 Å². The summed E-state index contributed by atoms with van der Waals surface area (Å²) in [7, 11) is 0. The molecule has 40 heavy (non-hydrogen) atoms. The van der Waals surface area contributed by atoms with Crippen LogP contribution in [0.3, 0.4) is 0 Å². The van der Waals surface area contributed by atoms with Crippen molar-refractivity contribution in [2.75, 3.05) is 0 Å². The number of benzene rings is 6. The molecule has 0 radical (unpaired) electrons. The number of aromatic hydroxyl groups is 1. The first-order valence-electron chi connectivity index (χ1n) is 13.4. The van der Waals surface area contributed by atoms with Gasteiger partial charge < -0.3 is 5.11 Å². The lowest BCUT2D eigenvalue weighted by Crippen LogP contribution is -1.97. The second-order valence-corrected chi connectivity index (χ2v) is 9.83. The summed E-state index contributed by atoms with van der Waals surface area (Å²) in [5.74, 6) is 0.211. The van der Waals surface area contributed by atoms with Gasteiger partial charge in [0.15, 0.2) is 0 Å². The summed E-state index contributed by atoms with van der Waals surface area (Å²) in [4.78, 5) is 0. The highest BCUT2D eigenvalue weighted by Gasteiger charge is 2.16. The molecule has 0 bridgehead atoms. The third-order valence-corrected chi connectivity index (χ3v) is 7.41. The molecule has 0 aliphatic rings. The highest BCUT2D eigenvalue weighted by atomic mass is 16.3.